The predicted molar refractivity (Wildman–Crippen MR) is 110 cm³/mol. The number of amides is 1. The fourth-order valence-electron chi connectivity index (χ4n) is 2.62. The van der Waals surface area contributed by atoms with Gasteiger partial charge in [-0.05, 0) is 92.7 Å². The van der Waals surface area contributed by atoms with Crippen LogP contribution in [-0.4, -0.2) is 23.2 Å². The second-order valence-corrected chi connectivity index (χ2v) is 9.06. The first-order valence-corrected chi connectivity index (χ1v) is 10.3. The average molecular weight is 625 g/mol. The zero-order valence-corrected chi connectivity index (χ0v) is 18.1. The van der Waals surface area contributed by atoms with Gasteiger partial charge in [0.25, 0.3) is 5.91 Å². The van der Waals surface area contributed by atoms with Crippen molar-refractivity contribution in [3.63, 3.8) is 0 Å². The molecule has 0 unspecified atom stereocenters. The number of halogens is 3. The first-order valence-electron chi connectivity index (χ1n) is 7.06. The monoisotopic (exact) mass is 625 g/mol. The van der Waals surface area contributed by atoms with Crippen LogP contribution in [0.1, 0.15) is 48.9 Å². The normalized spacial score (nSPS) is 18.1. The molecule has 0 aliphatic heterocycles. The Morgan fingerprint density at radius 1 is 1.14 bits per heavy atom. The topological polar surface area (TPSA) is 49.3 Å². The maximum Gasteiger partial charge on any atom is 0.252 e. The Morgan fingerprint density at radius 2 is 1.76 bits per heavy atom. The van der Waals surface area contributed by atoms with Gasteiger partial charge in [-0.15, -0.1) is 0 Å². The highest BCUT2D eigenvalue weighted by atomic mass is 127. The lowest BCUT2D eigenvalue weighted by Gasteiger charge is -2.27. The Kier molecular flexibility index (Phi) is 7.01. The van der Waals surface area contributed by atoms with Gasteiger partial charge in [0.05, 0.1) is 11.2 Å². The smallest absolute Gasteiger partial charge is 0.252 e. The van der Waals surface area contributed by atoms with E-state index in [0.29, 0.717) is 12.1 Å². The number of carbonyl (C=O) groups excluding carboxylic acids is 1. The minimum Gasteiger partial charge on any atom is -0.388 e. The van der Waals surface area contributed by atoms with Crippen molar-refractivity contribution in [3.05, 3.63) is 28.4 Å². The van der Waals surface area contributed by atoms with Gasteiger partial charge < -0.3 is 10.4 Å². The lowest BCUT2D eigenvalue weighted by molar-refractivity contribution is 0.0246. The lowest BCUT2D eigenvalue weighted by Crippen LogP contribution is -2.42. The highest BCUT2D eigenvalue weighted by Gasteiger charge is 2.28. The SMILES string of the molecule is O=C(NCC1(O)CCCCCC1)c1cc(I)cc(I)c1I. The van der Waals surface area contributed by atoms with E-state index in [-0.39, 0.29) is 5.91 Å². The van der Waals surface area contributed by atoms with Crippen LogP contribution in [0.3, 0.4) is 0 Å². The van der Waals surface area contributed by atoms with Crippen molar-refractivity contribution in [2.24, 2.45) is 0 Å². The van der Waals surface area contributed by atoms with Gasteiger partial charge in [-0.1, -0.05) is 25.7 Å². The summed E-state index contributed by atoms with van der Waals surface area (Å²) >= 11 is 6.68. The number of benzene rings is 1. The number of nitrogens with one attached hydrogen (secondary N) is 1. The summed E-state index contributed by atoms with van der Waals surface area (Å²) < 4.78 is 3.10. The molecule has 2 rings (SSSR count). The second kappa shape index (κ2) is 8.09. The van der Waals surface area contributed by atoms with Crippen molar-refractivity contribution in [1.82, 2.24) is 5.32 Å². The summed E-state index contributed by atoms with van der Waals surface area (Å²) in [5.74, 6) is -0.0893. The number of aliphatic hydroxyl groups is 1. The minimum atomic E-state index is -0.729. The molecule has 1 fully saturated rings. The molecule has 2 N–H and O–H groups in total. The molecule has 6 heteroatoms. The van der Waals surface area contributed by atoms with Gasteiger partial charge in [0.2, 0.25) is 0 Å². The second-order valence-electron chi connectivity index (χ2n) is 5.57. The molecule has 0 atom stereocenters. The lowest BCUT2D eigenvalue weighted by atomic mass is 9.94. The third-order valence-electron chi connectivity index (χ3n) is 3.85. The Hall–Kier alpha value is 0.840. The minimum absolute atomic E-state index is 0.0893. The van der Waals surface area contributed by atoms with Crippen LogP contribution in [0, 0.1) is 10.7 Å². The first kappa shape index (κ1) is 18.2. The van der Waals surface area contributed by atoms with E-state index in [2.05, 4.69) is 79.2 Å². The van der Waals surface area contributed by atoms with Gasteiger partial charge in [0.1, 0.15) is 0 Å². The Balaban J connectivity index is 2.05. The van der Waals surface area contributed by atoms with Crippen molar-refractivity contribution in [3.8, 4) is 0 Å². The summed E-state index contributed by atoms with van der Waals surface area (Å²) in [6.07, 6.45) is 6.03. The fourth-order valence-corrected chi connectivity index (χ4v) is 5.03. The van der Waals surface area contributed by atoms with Crippen LogP contribution in [0.15, 0.2) is 12.1 Å². The molecule has 1 aromatic carbocycles. The summed E-state index contributed by atoms with van der Waals surface area (Å²) in [6.45, 7) is 0.351. The van der Waals surface area contributed by atoms with E-state index in [4.69, 9.17) is 0 Å². The summed E-state index contributed by atoms with van der Waals surface area (Å²) in [7, 11) is 0. The number of hydrogen-bond acceptors (Lipinski definition) is 2. The number of rotatable bonds is 3. The van der Waals surface area contributed by atoms with E-state index in [1.807, 2.05) is 6.07 Å². The average Bonchev–Trinajstić information content (AvgIpc) is 2.65. The Bertz CT molecular complexity index is 526. The molecule has 0 aromatic heterocycles. The molecule has 21 heavy (non-hydrogen) atoms. The third-order valence-corrected chi connectivity index (χ3v) is 7.52. The maximum atomic E-state index is 12.4. The van der Waals surface area contributed by atoms with Crippen molar-refractivity contribution < 1.29 is 9.90 Å². The zero-order valence-electron chi connectivity index (χ0n) is 11.6. The quantitative estimate of drug-likeness (QED) is 0.299. The van der Waals surface area contributed by atoms with Gasteiger partial charge in [0.15, 0.2) is 0 Å². The molecule has 116 valence electrons. The van der Waals surface area contributed by atoms with Crippen molar-refractivity contribution in [1.29, 1.82) is 0 Å². The van der Waals surface area contributed by atoms with Gasteiger partial charge in [0, 0.05) is 17.3 Å². The molecule has 0 bridgehead atoms. The van der Waals surface area contributed by atoms with E-state index in [1.54, 1.807) is 0 Å². The highest BCUT2D eigenvalue weighted by molar-refractivity contribution is 14.1. The number of hydrogen-bond donors (Lipinski definition) is 2. The Morgan fingerprint density at radius 3 is 2.38 bits per heavy atom. The van der Waals surface area contributed by atoms with Crippen molar-refractivity contribution >= 4 is 73.7 Å². The van der Waals surface area contributed by atoms with E-state index in [0.717, 1.165) is 36.4 Å². The van der Waals surface area contributed by atoms with Crippen LogP contribution >= 0.6 is 67.8 Å². The fraction of sp³-hybridized carbons (Fsp3) is 0.533. The Labute approximate surface area is 166 Å². The maximum absolute atomic E-state index is 12.4. The largest absolute Gasteiger partial charge is 0.388 e. The molecular formula is C15H18I3NO2. The first-order chi connectivity index (χ1) is 9.91. The van der Waals surface area contributed by atoms with Crippen LogP contribution < -0.4 is 5.32 Å². The molecule has 1 aliphatic carbocycles. The highest BCUT2D eigenvalue weighted by Crippen LogP contribution is 2.27. The van der Waals surface area contributed by atoms with Gasteiger partial charge in [-0.3, -0.25) is 4.79 Å². The van der Waals surface area contributed by atoms with E-state index < -0.39 is 5.60 Å². The molecule has 1 aromatic rings. The van der Waals surface area contributed by atoms with Crippen LogP contribution in [0.4, 0.5) is 0 Å². The molecule has 1 aliphatic rings. The molecule has 3 nitrogen and oxygen atoms in total. The summed E-state index contributed by atoms with van der Waals surface area (Å²) in [5, 5.41) is 13.5. The van der Waals surface area contributed by atoms with E-state index >= 15 is 0 Å². The number of carbonyl (C=O) groups is 1. The van der Waals surface area contributed by atoms with Crippen LogP contribution in [0.25, 0.3) is 0 Å². The molecule has 1 amide bonds. The molecular weight excluding hydrogens is 607 g/mol. The molecule has 1 saturated carbocycles. The third kappa shape index (κ3) is 5.17. The van der Waals surface area contributed by atoms with Crippen molar-refractivity contribution in [2.45, 2.75) is 44.1 Å². The standard InChI is InChI=1S/C15H18I3NO2/c16-10-7-11(13(18)12(17)8-10)14(20)19-9-15(21)5-3-1-2-4-6-15/h7-8,21H,1-6,9H2,(H,19,20). The van der Waals surface area contributed by atoms with Gasteiger partial charge in [-0.2, -0.15) is 0 Å². The van der Waals surface area contributed by atoms with Gasteiger partial charge >= 0.3 is 0 Å². The molecule has 0 saturated heterocycles. The molecule has 0 radical (unpaired) electrons. The molecule has 0 spiro atoms. The summed E-state index contributed by atoms with van der Waals surface area (Å²) in [5.41, 5.74) is -0.0312. The van der Waals surface area contributed by atoms with E-state index in [1.165, 1.54) is 12.8 Å². The van der Waals surface area contributed by atoms with Crippen LogP contribution in [0.2, 0.25) is 0 Å². The summed E-state index contributed by atoms with van der Waals surface area (Å²) in [6, 6.07) is 3.95. The zero-order chi connectivity index (χ0) is 15.5. The van der Waals surface area contributed by atoms with Gasteiger partial charge in [-0.25, -0.2) is 0 Å². The molecule has 0 heterocycles. The van der Waals surface area contributed by atoms with Crippen LogP contribution in [-0.2, 0) is 0 Å². The van der Waals surface area contributed by atoms with Crippen LogP contribution in [0.5, 0.6) is 0 Å². The summed E-state index contributed by atoms with van der Waals surface area (Å²) in [4.78, 5) is 12.4. The van der Waals surface area contributed by atoms with Crippen molar-refractivity contribution in [2.75, 3.05) is 6.54 Å². The predicted octanol–water partition coefficient (Wildman–Crippen LogP) is 4.32. The van der Waals surface area contributed by atoms with E-state index in [9.17, 15) is 9.90 Å².